The third-order valence-corrected chi connectivity index (χ3v) is 3.46. The fourth-order valence-corrected chi connectivity index (χ4v) is 2.24. The number of carbonyl (C=O) groups is 1. The van der Waals surface area contributed by atoms with E-state index in [4.69, 9.17) is 0 Å². The van der Waals surface area contributed by atoms with Crippen LogP contribution >= 0.6 is 0 Å². The van der Waals surface area contributed by atoms with Crippen molar-refractivity contribution in [2.45, 2.75) is 13.1 Å². The van der Waals surface area contributed by atoms with Gasteiger partial charge in [0.2, 0.25) is 0 Å². The second-order valence-electron chi connectivity index (χ2n) is 5.38. The van der Waals surface area contributed by atoms with Gasteiger partial charge in [-0.25, -0.2) is 4.79 Å². The van der Waals surface area contributed by atoms with Crippen molar-refractivity contribution in [2.75, 3.05) is 0 Å². The summed E-state index contributed by atoms with van der Waals surface area (Å²) in [4.78, 5) is 20.1. The van der Waals surface area contributed by atoms with E-state index in [9.17, 15) is 4.79 Å². The van der Waals surface area contributed by atoms with Crippen LogP contribution < -0.4 is 10.6 Å². The zero-order valence-corrected chi connectivity index (χ0v) is 13.3. The van der Waals surface area contributed by atoms with E-state index in [2.05, 4.69) is 25.7 Å². The lowest BCUT2D eigenvalue weighted by atomic mass is 10.1. The average molecular weight is 322 g/mol. The van der Waals surface area contributed by atoms with Gasteiger partial charge >= 0.3 is 6.03 Å². The molecule has 0 saturated carbocycles. The Morgan fingerprint density at radius 1 is 1.04 bits per heavy atom. The summed E-state index contributed by atoms with van der Waals surface area (Å²) in [5.41, 5.74) is 3.84. The van der Waals surface area contributed by atoms with Gasteiger partial charge in [0.25, 0.3) is 0 Å². The van der Waals surface area contributed by atoms with E-state index in [-0.39, 0.29) is 6.03 Å². The molecule has 0 fully saturated rings. The second kappa shape index (κ2) is 7.36. The number of rotatable bonds is 5. The first-order valence-corrected chi connectivity index (χ1v) is 7.54. The highest BCUT2D eigenvalue weighted by molar-refractivity contribution is 5.73. The Morgan fingerprint density at radius 2 is 1.83 bits per heavy atom. The molecule has 0 atom stereocenters. The van der Waals surface area contributed by atoms with Gasteiger partial charge in [-0.2, -0.15) is 5.10 Å². The molecular formula is C17H18N6O. The predicted molar refractivity (Wildman–Crippen MR) is 89.8 cm³/mol. The van der Waals surface area contributed by atoms with Crippen LogP contribution in [0.5, 0.6) is 0 Å². The van der Waals surface area contributed by atoms with Crippen LogP contribution in [0.1, 0.15) is 11.1 Å². The van der Waals surface area contributed by atoms with E-state index in [1.54, 1.807) is 35.7 Å². The van der Waals surface area contributed by atoms with E-state index in [1.807, 2.05) is 31.4 Å². The molecule has 3 aromatic rings. The molecule has 0 unspecified atom stereocenters. The van der Waals surface area contributed by atoms with Crippen molar-refractivity contribution in [3.63, 3.8) is 0 Å². The summed E-state index contributed by atoms with van der Waals surface area (Å²) in [6.45, 7) is 0.841. The van der Waals surface area contributed by atoms with Crippen molar-refractivity contribution in [1.29, 1.82) is 0 Å². The van der Waals surface area contributed by atoms with Crippen LogP contribution in [0.4, 0.5) is 4.79 Å². The molecule has 122 valence electrons. The van der Waals surface area contributed by atoms with Crippen LogP contribution in [0.2, 0.25) is 0 Å². The first-order valence-electron chi connectivity index (χ1n) is 7.54. The molecule has 0 radical (unpaired) electrons. The van der Waals surface area contributed by atoms with Crippen molar-refractivity contribution in [1.82, 2.24) is 30.4 Å². The minimum Gasteiger partial charge on any atom is -0.334 e. The van der Waals surface area contributed by atoms with Gasteiger partial charge in [-0.15, -0.1) is 0 Å². The van der Waals surface area contributed by atoms with E-state index < -0.39 is 0 Å². The maximum atomic E-state index is 11.9. The third-order valence-electron chi connectivity index (χ3n) is 3.46. The Bertz CT molecular complexity index is 815. The topological polar surface area (TPSA) is 84.7 Å². The molecule has 3 aromatic heterocycles. The first-order chi connectivity index (χ1) is 11.7. The van der Waals surface area contributed by atoms with Gasteiger partial charge in [-0.1, -0.05) is 6.07 Å². The number of carbonyl (C=O) groups excluding carboxylic acids is 1. The molecule has 0 aliphatic rings. The van der Waals surface area contributed by atoms with Crippen LogP contribution in [0.25, 0.3) is 11.1 Å². The van der Waals surface area contributed by atoms with Crippen molar-refractivity contribution in [3.05, 3.63) is 66.5 Å². The SMILES string of the molecule is Cn1cc(-c2cncc(CNC(=O)NCc3cccnc3)c2)cn1. The minimum absolute atomic E-state index is 0.231. The minimum atomic E-state index is -0.231. The summed E-state index contributed by atoms with van der Waals surface area (Å²) < 4.78 is 1.74. The molecule has 24 heavy (non-hydrogen) atoms. The van der Waals surface area contributed by atoms with Gasteiger partial charge in [0.15, 0.2) is 0 Å². The summed E-state index contributed by atoms with van der Waals surface area (Å²) in [6, 6.07) is 5.51. The highest BCUT2D eigenvalue weighted by Crippen LogP contribution is 2.18. The number of nitrogens with zero attached hydrogens (tertiary/aromatic N) is 4. The van der Waals surface area contributed by atoms with E-state index in [1.165, 1.54) is 0 Å². The molecule has 2 N–H and O–H groups in total. The van der Waals surface area contributed by atoms with Gasteiger partial charge < -0.3 is 10.6 Å². The number of aryl methyl sites for hydroxylation is 1. The Hall–Kier alpha value is -3.22. The smallest absolute Gasteiger partial charge is 0.315 e. The highest BCUT2D eigenvalue weighted by Gasteiger charge is 2.04. The van der Waals surface area contributed by atoms with Crippen LogP contribution in [0.3, 0.4) is 0 Å². The number of hydrogen-bond acceptors (Lipinski definition) is 4. The summed E-state index contributed by atoms with van der Waals surface area (Å²) >= 11 is 0. The summed E-state index contributed by atoms with van der Waals surface area (Å²) in [7, 11) is 1.87. The predicted octanol–water partition coefficient (Wildman–Crippen LogP) is 1.88. The molecular weight excluding hydrogens is 304 g/mol. The first kappa shape index (κ1) is 15.7. The number of pyridine rings is 2. The van der Waals surface area contributed by atoms with Gasteiger partial charge in [0.05, 0.1) is 6.20 Å². The number of nitrogens with one attached hydrogen (secondary N) is 2. The van der Waals surface area contributed by atoms with Crippen molar-refractivity contribution in [3.8, 4) is 11.1 Å². The Kier molecular flexibility index (Phi) is 4.81. The average Bonchev–Trinajstić information content (AvgIpc) is 3.06. The Labute approximate surface area is 139 Å². The van der Waals surface area contributed by atoms with Gasteiger partial charge in [0, 0.05) is 62.2 Å². The maximum absolute atomic E-state index is 11.9. The van der Waals surface area contributed by atoms with Gasteiger partial charge in [-0.3, -0.25) is 14.6 Å². The molecule has 0 saturated heterocycles. The lowest BCUT2D eigenvalue weighted by molar-refractivity contribution is 0.240. The third kappa shape index (κ3) is 4.16. The lowest BCUT2D eigenvalue weighted by Gasteiger charge is -2.08. The number of hydrogen-bond donors (Lipinski definition) is 2. The molecule has 3 heterocycles. The van der Waals surface area contributed by atoms with Crippen LogP contribution in [0, 0.1) is 0 Å². The van der Waals surface area contributed by atoms with E-state index in [0.29, 0.717) is 13.1 Å². The van der Waals surface area contributed by atoms with Gasteiger partial charge in [-0.05, 0) is 23.3 Å². The van der Waals surface area contributed by atoms with Crippen LogP contribution in [-0.4, -0.2) is 25.8 Å². The number of aromatic nitrogens is 4. The normalized spacial score (nSPS) is 10.4. The van der Waals surface area contributed by atoms with Crippen molar-refractivity contribution >= 4 is 6.03 Å². The molecule has 2 amide bonds. The Balaban J connectivity index is 1.54. The van der Waals surface area contributed by atoms with Crippen molar-refractivity contribution in [2.24, 2.45) is 7.05 Å². The number of amides is 2. The zero-order chi connectivity index (χ0) is 16.8. The van der Waals surface area contributed by atoms with Crippen molar-refractivity contribution < 1.29 is 4.79 Å². The molecule has 7 heteroatoms. The molecule has 0 aromatic carbocycles. The fraction of sp³-hybridized carbons (Fsp3) is 0.176. The molecule has 0 spiro atoms. The maximum Gasteiger partial charge on any atom is 0.315 e. The monoisotopic (exact) mass is 322 g/mol. The molecule has 0 aliphatic heterocycles. The fourth-order valence-electron chi connectivity index (χ4n) is 2.24. The lowest BCUT2D eigenvalue weighted by Crippen LogP contribution is -2.34. The highest BCUT2D eigenvalue weighted by atomic mass is 16.2. The van der Waals surface area contributed by atoms with E-state index >= 15 is 0 Å². The summed E-state index contributed by atoms with van der Waals surface area (Å²) in [5, 5.41) is 9.77. The second-order valence-corrected chi connectivity index (χ2v) is 5.38. The summed E-state index contributed by atoms with van der Waals surface area (Å²) in [6.07, 6.45) is 10.7. The quantitative estimate of drug-likeness (QED) is 0.751. The standard InChI is InChI=1S/C17H18N6O/c1-23-12-16(11-22-23)15-5-14(7-19-10-15)9-21-17(24)20-8-13-3-2-4-18-6-13/h2-7,10-12H,8-9H2,1H3,(H2,20,21,24). The largest absolute Gasteiger partial charge is 0.334 e. The Morgan fingerprint density at radius 3 is 2.54 bits per heavy atom. The number of urea groups is 1. The zero-order valence-electron chi connectivity index (χ0n) is 13.3. The molecule has 3 rings (SSSR count). The molecule has 7 nitrogen and oxygen atoms in total. The van der Waals surface area contributed by atoms with Crippen LogP contribution in [-0.2, 0) is 20.1 Å². The van der Waals surface area contributed by atoms with Gasteiger partial charge in [0.1, 0.15) is 0 Å². The molecule has 0 bridgehead atoms. The summed E-state index contributed by atoms with van der Waals surface area (Å²) in [5.74, 6) is 0. The van der Waals surface area contributed by atoms with Crippen LogP contribution in [0.15, 0.2) is 55.4 Å². The molecule has 0 aliphatic carbocycles. The van der Waals surface area contributed by atoms with E-state index in [0.717, 1.165) is 22.3 Å².